The molecular weight excluding hydrogens is 328 g/mol. The van der Waals surface area contributed by atoms with Crippen LogP contribution in [0.2, 0.25) is 0 Å². The van der Waals surface area contributed by atoms with Crippen molar-refractivity contribution in [2.75, 3.05) is 5.32 Å². The molecule has 1 aromatic heterocycles. The predicted molar refractivity (Wildman–Crippen MR) is 56.4 cm³/mol. The Morgan fingerprint density at radius 1 is 1.19 bits per heavy atom. The number of aromatic nitrogens is 2. The molecule has 0 aromatic carbocycles. The lowest BCUT2D eigenvalue weighted by molar-refractivity contribution is -0.0579. The van der Waals surface area contributed by atoms with Gasteiger partial charge in [0.2, 0.25) is 17.7 Å². The van der Waals surface area contributed by atoms with E-state index in [-0.39, 0.29) is 0 Å². The van der Waals surface area contributed by atoms with Gasteiger partial charge in [0.15, 0.2) is 0 Å². The SMILES string of the molecule is O=C(Nc1nc(OC(F)F)cc(OC(F)F)n1)NS(=O)[O-]. The molecule has 2 N–H and O–H groups in total. The molecule has 0 spiro atoms. The second-order valence-corrected chi connectivity index (χ2v) is 3.59. The fourth-order valence-electron chi connectivity index (χ4n) is 0.966. The minimum Gasteiger partial charge on any atom is -0.755 e. The first-order chi connectivity index (χ1) is 9.76. The summed E-state index contributed by atoms with van der Waals surface area (Å²) < 4.78 is 77.4. The van der Waals surface area contributed by atoms with Gasteiger partial charge >= 0.3 is 19.3 Å². The predicted octanol–water partition coefficient (Wildman–Crippen LogP) is 0.595. The van der Waals surface area contributed by atoms with Crippen molar-refractivity contribution in [3.63, 3.8) is 0 Å². The molecule has 14 heteroatoms. The minimum absolute atomic E-state index is 0.521. The first-order valence-electron chi connectivity index (χ1n) is 4.72. The molecule has 0 saturated carbocycles. The van der Waals surface area contributed by atoms with Gasteiger partial charge in [-0.3, -0.25) is 14.2 Å². The van der Waals surface area contributed by atoms with Gasteiger partial charge in [-0.05, 0) is 0 Å². The number of alkyl halides is 4. The number of rotatable bonds is 6. The van der Waals surface area contributed by atoms with Crippen molar-refractivity contribution in [2.45, 2.75) is 13.2 Å². The van der Waals surface area contributed by atoms with Crippen LogP contribution in [0, 0.1) is 0 Å². The number of amides is 2. The maximum Gasteiger partial charge on any atom is 0.388 e. The van der Waals surface area contributed by atoms with Crippen LogP contribution in [0.1, 0.15) is 0 Å². The Morgan fingerprint density at radius 3 is 2.05 bits per heavy atom. The van der Waals surface area contributed by atoms with Crippen LogP contribution in [-0.4, -0.2) is 38.0 Å². The molecule has 2 amide bonds. The highest BCUT2D eigenvalue weighted by Crippen LogP contribution is 2.21. The maximum atomic E-state index is 12.0. The average Bonchev–Trinajstić information content (AvgIpc) is 2.24. The number of hydrogen-bond donors (Lipinski definition) is 2. The summed E-state index contributed by atoms with van der Waals surface area (Å²) in [5.41, 5.74) is 0. The van der Waals surface area contributed by atoms with Crippen molar-refractivity contribution in [1.29, 1.82) is 0 Å². The van der Waals surface area contributed by atoms with Gasteiger partial charge in [0.25, 0.3) is 0 Å². The van der Waals surface area contributed by atoms with Crippen LogP contribution in [0.4, 0.5) is 28.3 Å². The summed E-state index contributed by atoms with van der Waals surface area (Å²) in [6, 6.07) is -0.840. The van der Waals surface area contributed by atoms with E-state index in [2.05, 4.69) is 19.4 Å². The number of nitrogens with one attached hydrogen (secondary N) is 2. The van der Waals surface area contributed by atoms with E-state index < -0.39 is 48.2 Å². The zero-order valence-corrected chi connectivity index (χ0v) is 10.4. The van der Waals surface area contributed by atoms with E-state index in [0.717, 1.165) is 0 Å². The molecule has 1 aromatic rings. The first-order valence-corrected chi connectivity index (χ1v) is 5.79. The molecule has 0 aliphatic carbocycles. The van der Waals surface area contributed by atoms with Crippen LogP contribution >= 0.6 is 0 Å². The summed E-state index contributed by atoms with van der Waals surface area (Å²) in [4.78, 5) is 17.5. The number of urea groups is 1. The average molecular weight is 333 g/mol. The van der Waals surface area contributed by atoms with E-state index in [1.807, 2.05) is 0 Å². The molecule has 0 aliphatic rings. The van der Waals surface area contributed by atoms with Gasteiger partial charge in [0.1, 0.15) is 0 Å². The third kappa shape index (κ3) is 6.66. The molecule has 9 nitrogen and oxygen atoms in total. The van der Waals surface area contributed by atoms with Crippen molar-refractivity contribution in [1.82, 2.24) is 14.7 Å². The van der Waals surface area contributed by atoms with E-state index in [0.29, 0.717) is 6.07 Å². The molecule has 118 valence electrons. The number of carbonyl (C=O) groups excluding carboxylic acids is 1. The Kier molecular flexibility index (Phi) is 6.04. The van der Waals surface area contributed by atoms with Gasteiger partial charge in [-0.15, -0.1) is 0 Å². The summed E-state index contributed by atoms with van der Waals surface area (Å²) in [5.74, 6) is -2.56. The number of nitrogens with zero attached hydrogens (tertiary/aromatic N) is 2. The molecule has 0 saturated heterocycles. The molecule has 1 heterocycles. The summed E-state index contributed by atoms with van der Waals surface area (Å²) in [5, 5.41) is 1.69. The Morgan fingerprint density at radius 2 is 1.67 bits per heavy atom. The van der Waals surface area contributed by atoms with Crippen molar-refractivity contribution in [3.05, 3.63) is 6.07 Å². The van der Waals surface area contributed by atoms with Crippen molar-refractivity contribution in [3.8, 4) is 11.8 Å². The van der Waals surface area contributed by atoms with Gasteiger partial charge in [-0.25, -0.2) is 4.79 Å². The van der Waals surface area contributed by atoms with E-state index >= 15 is 0 Å². The van der Waals surface area contributed by atoms with Crippen LogP contribution in [0.5, 0.6) is 11.8 Å². The van der Waals surface area contributed by atoms with Crippen molar-refractivity contribution in [2.24, 2.45) is 0 Å². The second kappa shape index (κ2) is 7.53. The van der Waals surface area contributed by atoms with E-state index in [1.165, 1.54) is 4.72 Å². The maximum absolute atomic E-state index is 12.0. The van der Waals surface area contributed by atoms with Crippen LogP contribution < -0.4 is 19.5 Å². The molecule has 21 heavy (non-hydrogen) atoms. The molecular formula is C7H5F4N4O5S-. The van der Waals surface area contributed by atoms with E-state index in [9.17, 15) is 31.1 Å². The topological polar surface area (TPSA) is 126 Å². The lowest BCUT2D eigenvalue weighted by Gasteiger charge is -2.11. The Hall–Kier alpha value is -2.22. The summed E-state index contributed by atoms with van der Waals surface area (Å²) in [6.45, 7) is -6.65. The number of ether oxygens (including phenoxy) is 2. The number of hydrogen-bond acceptors (Lipinski definition) is 7. The van der Waals surface area contributed by atoms with Crippen LogP contribution in [0.25, 0.3) is 0 Å². The highest BCUT2D eigenvalue weighted by molar-refractivity contribution is 7.77. The Labute approximate surface area is 116 Å². The lowest BCUT2D eigenvalue weighted by atomic mass is 10.6. The van der Waals surface area contributed by atoms with Gasteiger partial charge in [0, 0.05) is 11.3 Å². The summed E-state index contributed by atoms with van der Waals surface area (Å²) in [7, 11) is 0. The molecule has 0 radical (unpaired) electrons. The quantitative estimate of drug-likeness (QED) is 0.576. The zero-order valence-electron chi connectivity index (χ0n) is 9.59. The Bertz CT molecular complexity index is 505. The third-order valence-electron chi connectivity index (χ3n) is 1.50. The van der Waals surface area contributed by atoms with E-state index in [1.54, 1.807) is 5.32 Å². The van der Waals surface area contributed by atoms with Crippen molar-refractivity contribution < 1.29 is 40.6 Å². The summed E-state index contributed by atoms with van der Waals surface area (Å²) in [6.07, 6.45) is 0. The highest BCUT2D eigenvalue weighted by Gasteiger charge is 2.15. The molecule has 0 bridgehead atoms. The molecule has 1 unspecified atom stereocenters. The van der Waals surface area contributed by atoms with Crippen LogP contribution in [0.3, 0.4) is 0 Å². The fourth-order valence-corrected chi connectivity index (χ4v) is 1.17. The first kappa shape index (κ1) is 16.8. The van der Waals surface area contributed by atoms with Crippen LogP contribution in [0.15, 0.2) is 6.07 Å². The second-order valence-electron chi connectivity index (χ2n) is 2.92. The third-order valence-corrected chi connectivity index (χ3v) is 1.85. The molecule has 1 rings (SSSR count). The number of halogens is 4. The minimum atomic E-state index is -3.32. The highest BCUT2D eigenvalue weighted by atomic mass is 32.2. The number of carbonyl (C=O) groups is 1. The lowest BCUT2D eigenvalue weighted by Crippen LogP contribution is -2.30. The smallest absolute Gasteiger partial charge is 0.388 e. The largest absolute Gasteiger partial charge is 0.755 e. The van der Waals surface area contributed by atoms with Gasteiger partial charge in [-0.1, -0.05) is 0 Å². The zero-order chi connectivity index (χ0) is 16.0. The van der Waals surface area contributed by atoms with E-state index in [4.69, 9.17) is 0 Å². The normalized spacial score (nSPS) is 12.1. The fraction of sp³-hybridized carbons (Fsp3) is 0.286. The van der Waals surface area contributed by atoms with Gasteiger partial charge in [-0.2, -0.15) is 27.5 Å². The van der Waals surface area contributed by atoms with Gasteiger partial charge < -0.3 is 14.0 Å². The standard InChI is InChI=1S/C7H6F4N4O5S/c8-4(9)19-2-1-3(20-5(10)11)13-6(12-2)14-7(16)15-21(17)18/h1,4-5H,(H,17,18)(H2,12,13,14,15,16)/p-1. The monoisotopic (exact) mass is 333 g/mol. The number of anilines is 1. The molecule has 0 aliphatic heterocycles. The summed E-state index contributed by atoms with van der Waals surface area (Å²) >= 11 is -2.97. The van der Waals surface area contributed by atoms with Crippen molar-refractivity contribution >= 4 is 23.2 Å². The molecule has 0 fully saturated rings. The van der Waals surface area contributed by atoms with Gasteiger partial charge in [0.05, 0.1) is 6.07 Å². The van der Waals surface area contributed by atoms with Crippen LogP contribution in [-0.2, 0) is 11.3 Å². The molecule has 1 atom stereocenters. The Balaban J connectivity index is 2.94.